The Hall–Kier alpha value is -1.45. The minimum Gasteiger partial charge on any atom is -0.497 e. The second-order valence-electron chi connectivity index (χ2n) is 4.86. The molecule has 0 bridgehead atoms. The van der Waals surface area contributed by atoms with Crippen molar-refractivity contribution in [3.63, 3.8) is 0 Å². The molecular formula is C17H20O2S. The molecular weight excluding hydrogens is 268 g/mol. The number of benzene rings is 2. The van der Waals surface area contributed by atoms with Crippen molar-refractivity contribution in [3.8, 4) is 5.75 Å². The topological polar surface area (TPSA) is 29.5 Å². The van der Waals surface area contributed by atoms with Gasteiger partial charge in [0.1, 0.15) is 5.75 Å². The molecule has 1 unspecified atom stereocenters. The van der Waals surface area contributed by atoms with Gasteiger partial charge in [0.2, 0.25) is 0 Å². The van der Waals surface area contributed by atoms with E-state index in [9.17, 15) is 5.11 Å². The largest absolute Gasteiger partial charge is 0.497 e. The maximum atomic E-state index is 10.3. The van der Waals surface area contributed by atoms with E-state index in [1.807, 2.05) is 25.1 Å². The van der Waals surface area contributed by atoms with Crippen LogP contribution in [0.1, 0.15) is 22.8 Å². The van der Waals surface area contributed by atoms with E-state index >= 15 is 0 Å². The van der Waals surface area contributed by atoms with Gasteiger partial charge in [-0.15, -0.1) is 11.8 Å². The molecule has 3 heteroatoms. The summed E-state index contributed by atoms with van der Waals surface area (Å²) in [5.41, 5.74) is 3.27. The van der Waals surface area contributed by atoms with Crippen LogP contribution in [-0.4, -0.2) is 18.0 Å². The van der Waals surface area contributed by atoms with Gasteiger partial charge < -0.3 is 9.84 Å². The molecule has 2 aromatic rings. The van der Waals surface area contributed by atoms with E-state index in [-0.39, 0.29) is 0 Å². The maximum absolute atomic E-state index is 10.3. The summed E-state index contributed by atoms with van der Waals surface area (Å²) in [7, 11) is 1.65. The lowest BCUT2D eigenvalue weighted by Gasteiger charge is -2.14. The molecule has 0 aliphatic heterocycles. The Labute approximate surface area is 124 Å². The monoisotopic (exact) mass is 288 g/mol. The van der Waals surface area contributed by atoms with E-state index in [0.29, 0.717) is 5.75 Å². The van der Waals surface area contributed by atoms with Crippen LogP contribution in [0.3, 0.4) is 0 Å². The zero-order valence-corrected chi connectivity index (χ0v) is 12.9. The van der Waals surface area contributed by atoms with Crippen molar-refractivity contribution < 1.29 is 9.84 Å². The number of rotatable bonds is 5. The van der Waals surface area contributed by atoms with Gasteiger partial charge in [-0.05, 0) is 49.2 Å². The van der Waals surface area contributed by atoms with Crippen LogP contribution in [0.15, 0.2) is 47.4 Å². The first kappa shape index (κ1) is 14.9. The van der Waals surface area contributed by atoms with Gasteiger partial charge in [0.05, 0.1) is 13.2 Å². The molecule has 0 saturated heterocycles. The summed E-state index contributed by atoms with van der Waals surface area (Å²) in [6.45, 7) is 4.07. The Balaban J connectivity index is 2.01. The number of ether oxygens (including phenoxy) is 1. The predicted molar refractivity (Wildman–Crippen MR) is 84.6 cm³/mol. The van der Waals surface area contributed by atoms with Crippen LogP contribution in [0.4, 0.5) is 0 Å². The quantitative estimate of drug-likeness (QED) is 0.839. The van der Waals surface area contributed by atoms with Crippen LogP contribution < -0.4 is 4.74 Å². The third-order valence-corrected chi connectivity index (χ3v) is 4.35. The van der Waals surface area contributed by atoms with Crippen molar-refractivity contribution in [2.24, 2.45) is 0 Å². The SMILES string of the molecule is COc1ccc(C(O)CSc2ccc(C)cc2)c(C)c1. The molecule has 20 heavy (non-hydrogen) atoms. The van der Waals surface area contributed by atoms with E-state index in [1.165, 1.54) is 10.5 Å². The number of aliphatic hydroxyl groups is 1. The maximum Gasteiger partial charge on any atom is 0.119 e. The highest BCUT2D eigenvalue weighted by Crippen LogP contribution is 2.28. The molecule has 0 heterocycles. The van der Waals surface area contributed by atoms with Gasteiger partial charge in [-0.3, -0.25) is 0 Å². The van der Waals surface area contributed by atoms with E-state index in [0.717, 1.165) is 16.9 Å². The summed E-state index contributed by atoms with van der Waals surface area (Å²) in [6.07, 6.45) is -0.466. The summed E-state index contributed by atoms with van der Waals surface area (Å²) in [4.78, 5) is 1.18. The van der Waals surface area contributed by atoms with Crippen LogP contribution in [-0.2, 0) is 0 Å². The second kappa shape index (κ2) is 6.82. The number of aliphatic hydroxyl groups excluding tert-OH is 1. The smallest absolute Gasteiger partial charge is 0.119 e. The number of hydrogen-bond acceptors (Lipinski definition) is 3. The van der Waals surface area contributed by atoms with Crippen LogP contribution in [0, 0.1) is 13.8 Å². The van der Waals surface area contributed by atoms with Gasteiger partial charge in [-0.2, -0.15) is 0 Å². The molecule has 0 spiro atoms. The van der Waals surface area contributed by atoms with Gasteiger partial charge in [0.25, 0.3) is 0 Å². The van der Waals surface area contributed by atoms with Crippen molar-refractivity contribution in [3.05, 3.63) is 59.2 Å². The van der Waals surface area contributed by atoms with Crippen molar-refractivity contribution in [2.45, 2.75) is 24.8 Å². The molecule has 1 N–H and O–H groups in total. The zero-order valence-electron chi connectivity index (χ0n) is 12.1. The lowest BCUT2D eigenvalue weighted by Crippen LogP contribution is -2.03. The molecule has 2 nitrogen and oxygen atoms in total. The van der Waals surface area contributed by atoms with E-state index in [4.69, 9.17) is 4.74 Å². The molecule has 0 aliphatic rings. The minimum atomic E-state index is -0.466. The fourth-order valence-corrected chi connectivity index (χ4v) is 2.91. The van der Waals surface area contributed by atoms with Crippen molar-refractivity contribution in [1.29, 1.82) is 0 Å². The first-order chi connectivity index (χ1) is 9.60. The molecule has 0 radical (unpaired) electrons. The molecule has 1 atom stereocenters. The second-order valence-corrected chi connectivity index (χ2v) is 5.96. The van der Waals surface area contributed by atoms with Gasteiger partial charge in [-0.1, -0.05) is 23.8 Å². The third-order valence-electron chi connectivity index (χ3n) is 3.26. The Morgan fingerprint density at radius 3 is 2.40 bits per heavy atom. The summed E-state index contributed by atoms with van der Waals surface area (Å²) < 4.78 is 5.18. The number of thioether (sulfide) groups is 1. The van der Waals surface area contributed by atoms with E-state index in [1.54, 1.807) is 18.9 Å². The van der Waals surface area contributed by atoms with E-state index < -0.39 is 6.10 Å². The molecule has 0 aromatic heterocycles. The van der Waals surface area contributed by atoms with Gasteiger partial charge in [0.15, 0.2) is 0 Å². The normalized spacial score (nSPS) is 12.2. The average Bonchev–Trinajstić information content (AvgIpc) is 2.46. The summed E-state index contributed by atoms with van der Waals surface area (Å²) in [5.74, 6) is 1.47. The lowest BCUT2D eigenvalue weighted by molar-refractivity contribution is 0.203. The molecule has 106 valence electrons. The minimum absolute atomic E-state index is 0.466. The van der Waals surface area contributed by atoms with Gasteiger partial charge >= 0.3 is 0 Å². The van der Waals surface area contributed by atoms with Crippen LogP contribution in [0.25, 0.3) is 0 Å². The Morgan fingerprint density at radius 1 is 1.10 bits per heavy atom. The summed E-state index contributed by atoms with van der Waals surface area (Å²) in [5, 5.41) is 10.3. The van der Waals surface area contributed by atoms with E-state index in [2.05, 4.69) is 31.2 Å². The van der Waals surface area contributed by atoms with Crippen molar-refractivity contribution >= 4 is 11.8 Å². The fourth-order valence-electron chi connectivity index (χ4n) is 2.05. The zero-order chi connectivity index (χ0) is 14.5. The molecule has 0 fully saturated rings. The molecule has 2 rings (SSSR count). The molecule has 0 amide bonds. The van der Waals surface area contributed by atoms with Gasteiger partial charge in [0, 0.05) is 10.6 Å². The van der Waals surface area contributed by atoms with Crippen molar-refractivity contribution in [2.75, 3.05) is 12.9 Å². The average molecular weight is 288 g/mol. The molecule has 2 aromatic carbocycles. The predicted octanol–water partition coefficient (Wildman–Crippen LogP) is 4.14. The highest BCUT2D eigenvalue weighted by Gasteiger charge is 2.11. The molecule has 0 aliphatic carbocycles. The summed E-state index contributed by atoms with van der Waals surface area (Å²) in [6, 6.07) is 14.1. The van der Waals surface area contributed by atoms with Crippen molar-refractivity contribution in [1.82, 2.24) is 0 Å². The van der Waals surface area contributed by atoms with Crippen LogP contribution in [0.5, 0.6) is 5.75 Å². The van der Waals surface area contributed by atoms with Gasteiger partial charge in [-0.25, -0.2) is 0 Å². The van der Waals surface area contributed by atoms with Crippen LogP contribution >= 0.6 is 11.8 Å². The number of aryl methyl sites for hydroxylation is 2. The molecule has 0 saturated carbocycles. The Kier molecular flexibility index (Phi) is 5.10. The highest BCUT2D eigenvalue weighted by atomic mass is 32.2. The third kappa shape index (κ3) is 3.78. The van der Waals surface area contributed by atoms with Crippen LogP contribution in [0.2, 0.25) is 0 Å². The standard InChI is InChI=1S/C17H20O2S/c1-12-4-7-15(8-5-12)20-11-17(18)16-9-6-14(19-3)10-13(16)2/h4-10,17-18H,11H2,1-3H3. The Morgan fingerprint density at radius 2 is 1.80 bits per heavy atom. The number of methoxy groups -OCH3 is 1. The number of hydrogen-bond donors (Lipinski definition) is 1. The highest BCUT2D eigenvalue weighted by molar-refractivity contribution is 7.99. The fraction of sp³-hybridized carbons (Fsp3) is 0.294. The summed E-state index contributed by atoms with van der Waals surface area (Å²) >= 11 is 1.67. The first-order valence-corrected chi connectivity index (χ1v) is 7.61. The first-order valence-electron chi connectivity index (χ1n) is 6.62. The lowest BCUT2D eigenvalue weighted by atomic mass is 10.0. The Bertz CT molecular complexity index is 564.